The van der Waals surface area contributed by atoms with Crippen LogP contribution in [0.5, 0.6) is 0 Å². The van der Waals surface area contributed by atoms with E-state index in [4.69, 9.17) is 23.2 Å². The van der Waals surface area contributed by atoms with Crippen LogP contribution < -0.4 is 9.62 Å². The molecule has 0 aliphatic heterocycles. The van der Waals surface area contributed by atoms with Crippen molar-refractivity contribution in [1.82, 2.24) is 10.2 Å². The fourth-order valence-electron chi connectivity index (χ4n) is 3.73. The van der Waals surface area contributed by atoms with Crippen molar-refractivity contribution in [3.63, 3.8) is 0 Å². The van der Waals surface area contributed by atoms with Gasteiger partial charge in [-0.2, -0.15) is 0 Å². The Morgan fingerprint density at radius 3 is 1.95 bits per heavy atom. The molecular formula is C28H31Cl2N3O4S. The molecule has 7 nitrogen and oxygen atoms in total. The van der Waals surface area contributed by atoms with Crippen LogP contribution in [0.2, 0.25) is 10.0 Å². The number of carbonyl (C=O) groups is 2. The summed E-state index contributed by atoms with van der Waals surface area (Å²) < 4.78 is 28.4. The van der Waals surface area contributed by atoms with E-state index in [2.05, 4.69) is 5.32 Å². The zero-order valence-corrected chi connectivity index (χ0v) is 23.8. The Morgan fingerprint density at radius 2 is 1.39 bits per heavy atom. The van der Waals surface area contributed by atoms with Gasteiger partial charge in [-0.25, -0.2) is 8.42 Å². The van der Waals surface area contributed by atoms with Crippen LogP contribution in [0.1, 0.15) is 26.3 Å². The summed E-state index contributed by atoms with van der Waals surface area (Å²) in [6.45, 7) is 5.33. The molecule has 38 heavy (non-hydrogen) atoms. The topological polar surface area (TPSA) is 86.8 Å². The number of rotatable bonds is 11. The molecule has 0 saturated carbocycles. The first kappa shape index (κ1) is 29.5. The van der Waals surface area contributed by atoms with Crippen LogP contribution in [0.3, 0.4) is 0 Å². The first-order chi connectivity index (χ1) is 18.0. The van der Waals surface area contributed by atoms with E-state index in [0.29, 0.717) is 27.8 Å². The number of hydrogen-bond acceptors (Lipinski definition) is 4. The third kappa shape index (κ3) is 7.28. The van der Waals surface area contributed by atoms with Crippen LogP contribution in [0.4, 0.5) is 5.69 Å². The normalized spacial score (nSPS) is 12.2. The average molecular weight is 577 g/mol. The maximum Gasteiger partial charge on any atom is 0.264 e. The molecule has 0 aliphatic rings. The van der Waals surface area contributed by atoms with Crippen molar-refractivity contribution in [1.29, 1.82) is 0 Å². The highest BCUT2D eigenvalue weighted by molar-refractivity contribution is 7.92. The molecule has 0 heterocycles. The molecule has 3 aromatic rings. The Bertz CT molecular complexity index is 1330. The van der Waals surface area contributed by atoms with Crippen molar-refractivity contribution in [2.45, 2.75) is 38.3 Å². The second-order valence-corrected chi connectivity index (χ2v) is 11.9. The van der Waals surface area contributed by atoms with Gasteiger partial charge in [-0.1, -0.05) is 79.5 Å². The van der Waals surface area contributed by atoms with E-state index < -0.39 is 28.5 Å². The molecule has 2 amide bonds. The van der Waals surface area contributed by atoms with Crippen LogP contribution in [-0.4, -0.2) is 44.3 Å². The van der Waals surface area contributed by atoms with Crippen LogP contribution in [-0.2, 0) is 26.2 Å². The van der Waals surface area contributed by atoms with Gasteiger partial charge in [0.2, 0.25) is 11.8 Å². The van der Waals surface area contributed by atoms with Crippen LogP contribution >= 0.6 is 23.2 Å². The molecule has 0 radical (unpaired) electrons. The van der Waals surface area contributed by atoms with E-state index in [1.165, 1.54) is 17.0 Å². The van der Waals surface area contributed by atoms with E-state index in [1.54, 1.807) is 73.7 Å². The smallest absolute Gasteiger partial charge is 0.264 e. The van der Waals surface area contributed by atoms with Gasteiger partial charge in [0, 0.05) is 28.7 Å². The number of hydrogen-bond donors (Lipinski definition) is 1. The molecule has 0 saturated heterocycles. The highest BCUT2D eigenvalue weighted by Gasteiger charge is 2.33. The minimum atomic E-state index is -4.11. The number of carbonyl (C=O) groups excluding carboxylic acids is 2. The zero-order chi connectivity index (χ0) is 27.9. The molecule has 0 fully saturated rings. The zero-order valence-electron chi connectivity index (χ0n) is 21.5. The largest absolute Gasteiger partial charge is 0.354 e. The molecule has 3 rings (SSSR count). The minimum absolute atomic E-state index is 0.0417. The fraction of sp³-hybridized carbons (Fsp3) is 0.286. The molecule has 1 N–H and O–H groups in total. The van der Waals surface area contributed by atoms with E-state index >= 15 is 0 Å². The van der Waals surface area contributed by atoms with Crippen molar-refractivity contribution in [2.24, 2.45) is 5.92 Å². The van der Waals surface area contributed by atoms with Gasteiger partial charge in [0.15, 0.2) is 0 Å². The molecular weight excluding hydrogens is 545 g/mol. The summed E-state index contributed by atoms with van der Waals surface area (Å²) in [7, 11) is -4.11. The quantitative estimate of drug-likeness (QED) is 0.332. The second kappa shape index (κ2) is 13.1. The molecule has 3 aromatic carbocycles. The molecule has 0 unspecified atom stereocenters. The van der Waals surface area contributed by atoms with Crippen LogP contribution in [0.25, 0.3) is 0 Å². The van der Waals surface area contributed by atoms with Gasteiger partial charge in [0.1, 0.15) is 12.6 Å². The molecule has 0 aliphatic carbocycles. The predicted octanol–water partition coefficient (Wildman–Crippen LogP) is 5.38. The first-order valence-corrected chi connectivity index (χ1v) is 14.3. The summed E-state index contributed by atoms with van der Waals surface area (Å²) in [5.74, 6) is -0.748. The summed E-state index contributed by atoms with van der Waals surface area (Å²) in [5.41, 5.74) is 0.780. The van der Waals surface area contributed by atoms with E-state index in [0.717, 1.165) is 4.31 Å². The predicted molar refractivity (Wildman–Crippen MR) is 152 cm³/mol. The van der Waals surface area contributed by atoms with Crippen molar-refractivity contribution in [3.8, 4) is 0 Å². The van der Waals surface area contributed by atoms with Crippen molar-refractivity contribution >= 4 is 50.7 Å². The Labute approximate surface area is 234 Å². The fourth-order valence-corrected chi connectivity index (χ4v) is 5.68. The van der Waals surface area contributed by atoms with Crippen LogP contribution in [0.15, 0.2) is 83.8 Å². The Balaban J connectivity index is 2.01. The number of nitrogens with one attached hydrogen (secondary N) is 1. The van der Waals surface area contributed by atoms with Crippen molar-refractivity contribution in [2.75, 3.05) is 17.4 Å². The summed E-state index contributed by atoms with van der Waals surface area (Å²) in [6, 6.07) is 20.3. The number of para-hydroxylation sites is 1. The van der Waals surface area contributed by atoms with E-state index in [9.17, 15) is 18.0 Å². The summed E-state index contributed by atoms with van der Waals surface area (Å²) in [4.78, 5) is 28.2. The van der Waals surface area contributed by atoms with Gasteiger partial charge in [0.05, 0.1) is 10.6 Å². The van der Waals surface area contributed by atoms with Crippen molar-refractivity contribution in [3.05, 3.63) is 94.5 Å². The highest BCUT2D eigenvalue weighted by Crippen LogP contribution is 2.28. The lowest BCUT2D eigenvalue weighted by molar-refractivity contribution is -0.139. The average Bonchev–Trinajstić information content (AvgIpc) is 2.90. The molecule has 202 valence electrons. The number of nitrogens with zero attached hydrogens (tertiary/aromatic N) is 2. The Hall–Kier alpha value is -3.07. The second-order valence-electron chi connectivity index (χ2n) is 9.20. The van der Waals surface area contributed by atoms with Crippen LogP contribution in [0, 0.1) is 5.92 Å². The van der Waals surface area contributed by atoms with Gasteiger partial charge in [-0.15, -0.1) is 0 Å². The molecule has 1 atom stereocenters. The molecule has 0 bridgehead atoms. The maximum absolute atomic E-state index is 13.9. The van der Waals surface area contributed by atoms with Gasteiger partial charge in [-0.05, 0) is 49.2 Å². The summed E-state index contributed by atoms with van der Waals surface area (Å²) >= 11 is 12.8. The number of amides is 2. The molecule has 0 spiro atoms. The third-order valence-corrected chi connectivity index (χ3v) is 8.39. The Morgan fingerprint density at radius 1 is 0.842 bits per heavy atom. The van der Waals surface area contributed by atoms with Crippen molar-refractivity contribution < 1.29 is 18.0 Å². The van der Waals surface area contributed by atoms with Gasteiger partial charge in [0.25, 0.3) is 10.0 Å². The summed E-state index contributed by atoms with van der Waals surface area (Å²) in [6.07, 6.45) is 0. The Kier molecular flexibility index (Phi) is 10.2. The van der Waals surface area contributed by atoms with Gasteiger partial charge < -0.3 is 10.2 Å². The lowest BCUT2D eigenvalue weighted by atomic mass is 10.1. The molecule has 0 aromatic heterocycles. The first-order valence-electron chi connectivity index (χ1n) is 12.1. The number of halogens is 2. The highest BCUT2D eigenvalue weighted by atomic mass is 35.5. The number of sulfonamides is 1. The lowest BCUT2D eigenvalue weighted by Crippen LogP contribution is -2.51. The third-order valence-electron chi connectivity index (χ3n) is 5.90. The van der Waals surface area contributed by atoms with Gasteiger partial charge >= 0.3 is 0 Å². The van der Waals surface area contributed by atoms with Gasteiger partial charge in [-0.3, -0.25) is 13.9 Å². The van der Waals surface area contributed by atoms with E-state index in [-0.39, 0.29) is 23.3 Å². The SMILES string of the molecule is CC(C)CNC(=O)[C@H](C)N(Cc1c(Cl)cccc1Cl)C(=O)CN(c1ccccc1)S(=O)(=O)c1ccccc1. The molecule has 10 heteroatoms. The monoisotopic (exact) mass is 575 g/mol. The lowest BCUT2D eigenvalue weighted by Gasteiger charge is -2.32. The standard InChI is InChI=1S/C28H31Cl2N3O4S/c1-20(2)17-31-28(35)21(3)32(18-24-25(29)15-10-16-26(24)30)27(34)19-33(22-11-6-4-7-12-22)38(36,37)23-13-8-5-9-14-23/h4-16,20-21H,17-19H2,1-3H3,(H,31,35)/t21-/m0/s1. The number of anilines is 1. The minimum Gasteiger partial charge on any atom is -0.354 e. The van der Waals surface area contributed by atoms with E-state index in [1.807, 2.05) is 13.8 Å². The summed E-state index contributed by atoms with van der Waals surface area (Å²) in [5, 5.41) is 3.51. The maximum atomic E-state index is 13.9. The number of benzene rings is 3.